The van der Waals surface area contributed by atoms with E-state index in [-0.39, 0.29) is 6.61 Å². The van der Waals surface area contributed by atoms with Gasteiger partial charge in [0.2, 0.25) is 5.60 Å². The highest BCUT2D eigenvalue weighted by Gasteiger charge is 2.46. The largest absolute Gasteiger partial charge is 0.479 e. The van der Waals surface area contributed by atoms with E-state index in [2.05, 4.69) is 5.48 Å². The van der Waals surface area contributed by atoms with Gasteiger partial charge in [-0.1, -0.05) is 12.8 Å². The van der Waals surface area contributed by atoms with Gasteiger partial charge in [0.05, 0.1) is 6.61 Å². The number of hydroxylamine groups is 1. The van der Waals surface area contributed by atoms with Crippen molar-refractivity contribution >= 4 is 12.1 Å². The summed E-state index contributed by atoms with van der Waals surface area (Å²) in [4.78, 5) is 28.2. The van der Waals surface area contributed by atoms with Crippen LogP contribution >= 0.6 is 0 Å². The van der Waals surface area contributed by atoms with E-state index in [1.165, 1.54) is 7.11 Å². The summed E-state index contributed by atoms with van der Waals surface area (Å²) in [6.45, 7) is 4.97. The van der Waals surface area contributed by atoms with Crippen LogP contribution in [0.5, 0.6) is 0 Å². The highest BCUT2D eigenvalue weighted by Crippen LogP contribution is 2.38. The molecule has 2 N–H and O–H groups in total. The maximum absolute atomic E-state index is 11.5. The van der Waals surface area contributed by atoms with Gasteiger partial charge in [0.15, 0.2) is 0 Å². The van der Waals surface area contributed by atoms with E-state index in [0.29, 0.717) is 12.3 Å². The minimum absolute atomic E-state index is 0.144. The second-order valence-corrected chi connectivity index (χ2v) is 6.09. The highest BCUT2D eigenvalue weighted by atomic mass is 16.7. The smallest absolute Gasteiger partial charge is 0.431 e. The third kappa shape index (κ3) is 5.34. The molecule has 1 atom stereocenters. The molecule has 20 heavy (non-hydrogen) atoms. The molecule has 1 saturated carbocycles. The predicted molar refractivity (Wildman–Crippen MR) is 70.0 cm³/mol. The molecule has 116 valence electrons. The third-order valence-corrected chi connectivity index (χ3v) is 2.81. The zero-order valence-electron chi connectivity index (χ0n) is 12.4. The Morgan fingerprint density at radius 2 is 1.90 bits per heavy atom. The Kier molecular flexibility index (Phi) is 5.35. The van der Waals surface area contributed by atoms with Crippen molar-refractivity contribution in [3.8, 4) is 0 Å². The molecule has 0 saturated heterocycles. The molecule has 0 aromatic rings. The average Bonchev–Trinajstić information content (AvgIpc) is 3.07. The monoisotopic (exact) mass is 289 g/mol. The lowest BCUT2D eigenvalue weighted by Gasteiger charge is -2.29. The van der Waals surface area contributed by atoms with Gasteiger partial charge in [0, 0.05) is 7.11 Å². The van der Waals surface area contributed by atoms with E-state index in [0.717, 1.165) is 12.8 Å². The van der Waals surface area contributed by atoms with Crippen molar-refractivity contribution in [2.24, 2.45) is 5.92 Å². The number of methoxy groups -OCH3 is 1. The first kappa shape index (κ1) is 16.7. The number of carbonyl (C=O) groups excluding carboxylic acids is 1. The van der Waals surface area contributed by atoms with E-state index in [4.69, 9.17) is 14.3 Å². The molecular formula is C13H23NO6. The first-order valence-corrected chi connectivity index (χ1v) is 6.58. The van der Waals surface area contributed by atoms with E-state index in [1.807, 2.05) is 0 Å². The lowest BCUT2D eigenvalue weighted by atomic mass is 9.98. The first-order valence-electron chi connectivity index (χ1n) is 6.58. The first-order chi connectivity index (χ1) is 9.18. The lowest BCUT2D eigenvalue weighted by Crippen LogP contribution is -2.51. The molecule has 0 aromatic heterocycles. The molecular weight excluding hydrogens is 266 g/mol. The van der Waals surface area contributed by atoms with Crippen LogP contribution in [0.4, 0.5) is 4.79 Å². The van der Waals surface area contributed by atoms with Crippen molar-refractivity contribution in [1.82, 2.24) is 5.48 Å². The van der Waals surface area contributed by atoms with E-state index >= 15 is 0 Å². The zero-order chi connectivity index (χ0) is 15.4. The minimum atomic E-state index is -1.58. The van der Waals surface area contributed by atoms with Crippen molar-refractivity contribution in [2.45, 2.75) is 51.2 Å². The Labute approximate surface area is 118 Å². The van der Waals surface area contributed by atoms with Crippen molar-refractivity contribution < 1.29 is 29.0 Å². The quantitative estimate of drug-likeness (QED) is 0.693. The van der Waals surface area contributed by atoms with Gasteiger partial charge in [-0.2, -0.15) is 5.48 Å². The fourth-order valence-electron chi connectivity index (χ4n) is 1.78. The molecule has 1 rings (SSSR count). The Morgan fingerprint density at radius 1 is 1.30 bits per heavy atom. The number of hydrogen-bond acceptors (Lipinski definition) is 5. The van der Waals surface area contributed by atoms with Gasteiger partial charge in [0.25, 0.3) is 0 Å². The van der Waals surface area contributed by atoms with Crippen molar-refractivity contribution in [2.75, 3.05) is 13.7 Å². The highest BCUT2D eigenvalue weighted by molar-refractivity contribution is 5.78. The molecule has 0 radical (unpaired) electrons. The SMILES string of the molecule is COC[C@@](CC1CC1)(ONC(=O)OC(C)(C)C)C(=O)O. The molecule has 1 aliphatic carbocycles. The molecule has 0 bridgehead atoms. The molecule has 1 amide bonds. The molecule has 1 aliphatic rings. The summed E-state index contributed by atoms with van der Waals surface area (Å²) >= 11 is 0. The van der Waals surface area contributed by atoms with Crippen LogP contribution < -0.4 is 5.48 Å². The van der Waals surface area contributed by atoms with Crippen LogP contribution in [0.2, 0.25) is 0 Å². The summed E-state index contributed by atoms with van der Waals surface area (Å²) in [7, 11) is 1.39. The summed E-state index contributed by atoms with van der Waals surface area (Å²) in [5.41, 5.74) is -0.203. The van der Waals surface area contributed by atoms with Crippen LogP contribution in [0, 0.1) is 5.92 Å². The molecule has 7 heteroatoms. The van der Waals surface area contributed by atoms with E-state index in [1.54, 1.807) is 20.8 Å². The second-order valence-electron chi connectivity index (χ2n) is 6.09. The van der Waals surface area contributed by atoms with Gasteiger partial charge in [-0.15, -0.1) is 0 Å². The molecule has 0 spiro atoms. The van der Waals surface area contributed by atoms with Crippen molar-refractivity contribution in [1.29, 1.82) is 0 Å². The normalized spacial score (nSPS) is 18.2. The fourth-order valence-corrected chi connectivity index (χ4v) is 1.78. The van der Waals surface area contributed by atoms with Crippen LogP contribution in [0.25, 0.3) is 0 Å². The number of carboxylic acids is 1. The van der Waals surface area contributed by atoms with Gasteiger partial charge in [-0.3, -0.25) is 0 Å². The number of carbonyl (C=O) groups is 2. The molecule has 0 aromatic carbocycles. The minimum Gasteiger partial charge on any atom is -0.479 e. The number of carboxylic acid groups (broad SMARTS) is 1. The van der Waals surface area contributed by atoms with Gasteiger partial charge < -0.3 is 14.6 Å². The predicted octanol–water partition coefficient (Wildman–Crippen LogP) is 1.71. The van der Waals surface area contributed by atoms with E-state index < -0.39 is 23.3 Å². The summed E-state index contributed by atoms with van der Waals surface area (Å²) < 4.78 is 9.94. The van der Waals surface area contributed by atoms with Gasteiger partial charge in [0.1, 0.15) is 5.60 Å². The van der Waals surface area contributed by atoms with Crippen LogP contribution in [0.3, 0.4) is 0 Å². The molecule has 0 unspecified atom stereocenters. The summed E-state index contributed by atoms with van der Waals surface area (Å²) in [6, 6.07) is 0. The van der Waals surface area contributed by atoms with Crippen LogP contribution in [-0.4, -0.2) is 42.1 Å². The van der Waals surface area contributed by atoms with Gasteiger partial charge in [-0.25, -0.2) is 14.4 Å². The number of amides is 1. The number of ether oxygens (including phenoxy) is 2. The summed E-state index contributed by atoms with van der Waals surface area (Å²) in [5, 5.41) is 9.38. The molecule has 0 heterocycles. The number of nitrogens with one attached hydrogen (secondary N) is 1. The Bertz CT molecular complexity index is 360. The lowest BCUT2D eigenvalue weighted by molar-refractivity contribution is -0.187. The topological polar surface area (TPSA) is 94.1 Å². The Balaban J connectivity index is 2.63. The van der Waals surface area contributed by atoms with Gasteiger partial charge >= 0.3 is 12.1 Å². The number of aliphatic carboxylic acids is 1. The van der Waals surface area contributed by atoms with Gasteiger partial charge in [-0.05, 0) is 33.1 Å². The van der Waals surface area contributed by atoms with Crippen LogP contribution in [-0.2, 0) is 19.1 Å². The molecule has 7 nitrogen and oxygen atoms in total. The zero-order valence-corrected chi connectivity index (χ0v) is 12.4. The van der Waals surface area contributed by atoms with E-state index in [9.17, 15) is 14.7 Å². The summed E-state index contributed by atoms with van der Waals surface area (Å²) in [6.07, 6.45) is 1.41. The standard InChI is InChI=1S/C13H23NO6/c1-12(2,3)19-11(17)14-20-13(8-18-4,10(15)16)7-9-5-6-9/h9H,5-8H2,1-4H3,(H,14,17)(H,15,16)/t13-/m1/s1. The molecule has 0 aliphatic heterocycles. The van der Waals surface area contributed by atoms with Crippen molar-refractivity contribution in [3.05, 3.63) is 0 Å². The third-order valence-electron chi connectivity index (χ3n) is 2.81. The maximum atomic E-state index is 11.5. The van der Waals surface area contributed by atoms with Crippen LogP contribution in [0.15, 0.2) is 0 Å². The fraction of sp³-hybridized carbons (Fsp3) is 0.846. The van der Waals surface area contributed by atoms with Crippen LogP contribution in [0.1, 0.15) is 40.0 Å². The summed E-state index contributed by atoms with van der Waals surface area (Å²) in [5.74, 6) is -0.871. The van der Waals surface area contributed by atoms with Crippen molar-refractivity contribution in [3.63, 3.8) is 0 Å². The average molecular weight is 289 g/mol. The number of rotatable bonds is 7. The Morgan fingerprint density at radius 3 is 2.30 bits per heavy atom. The number of hydrogen-bond donors (Lipinski definition) is 2. The maximum Gasteiger partial charge on any atom is 0.431 e. The molecule has 1 fully saturated rings. The second kappa shape index (κ2) is 6.41. The Hall–Kier alpha value is -1.34.